The molecule has 0 aromatic heterocycles. The summed E-state index contributed by atoms with van der Waals surface area (Å²) < 4.78 is 0. The van der Waals surface area contributed by atoms with Gasteiger partial charge in [-0.25, -0.2) is 0 Å². The molecule has 0 radical (unpaired) electrons. The first-order valence-electron chi connectivity index (χ1n) is 9.06. The van der Waals surface area contributed by atoms with Crippen LogP contribution >= 0.6 is 0 Å². The predicted molar refractivity (Wildman–Crippen MR) is 86.6 cm³/mol. The van der Waals surface area contributed by atoms with Crippen molar-refractivity contribution in [2.24, 2.45) is 5.92 Å². The summed E-state index contributed by atoms with van der Waals surface area (Å²) in [4.78, 5) is 0. The largest absolute Gasteiger partial charge is 0.314 e. The molecule has 1 N–H and O–H groups in total. The molecule has 0 bridgehead atoms. The maximum atomic E-state index is 3.70. The van der Waals surface area contributed by atoms with E-state index < -0.39 is 0 Å². The molecule has 0 aromatic carbocycles. The van der Waals surface area contributed by atoms with E-state index in [9.17, 15) is 0 Å². The third-order valence-electron chi connectivity index (χ3n) is 4.67. The quantitative estimate of drug-likeness (QED) is 0.474. The minimum atomic E-state index is 0.838. The highest BCUT2D eigenvalue weighted by Gasteiger charge is 2.16. The Labute approximate surface area is 121 Å². The summed E-state index contributed by atoms with van der Waals surface area (Å²) >= 11 is 0. The third-order valence-corrected chi connectivity index (χ3v) is 4.67. The van der Waals surface area contributed by atoms with Crippen LogP contribution in [0.25, 0.3) is 0 Å². The molecular weight excluding hydrogens is 230 g/mol. The van der Waals surface area contributed by atoms with Crippen LogP contribution in [0.1, 0.15) is 97.3 Å². The molecule has 0 spiro atoms. The van der Waals surface area contributed by atoms with Gasteiger partial charge in [0.2, 0.25) is 0 Å². The van der Waals surface area contributed by atoms with Gasteiger partial charge in [-0.3, -0.25) is 0 Å². The second kappa shape index (κ2) is 11.8. The van der Waals surface area contributed by atoms with Gasteiger partial charge >= 0.3 is 0 Å². The molecule has 0 saturated carbocycles. The Morgan fingerprint density at radius 1 is 0.789 bits per heavy atom. The van der Waals surface area contributed by atoms with Gasteiger partial charge in [-0.1, -0.05) is 78.1 Å². The minimum Gasteiger partial charge on any atom is -0.314 e. The normalized spacial score (nSPS) is 23.7. The van der Waals surface area contributed by atoms with Crippen molar-refractivity contribution in [2.75, 3.05) is 6.54 Å². The van der Waals surface area contributed by atoms with Crippen LogP contribution in [-0.2, 0) is 0 Å². The molecule has 0 aromatic rings. The molecule has 1 aliphatic rings. The van der Waals surface area contributed by atoms with Gasteiger partial charge in [0.05, 0.1) is 0 Å². The molecule has 1 rings (SSSR count). The van der Waals surface area contributed by atoms with Crippen molar-refractivity contribution in [1.29, 1.82) is 0 Å². The molecule has 1 heterocycles. The summed E-state index contributed by atoms with van der Waals surface area (Å²) in [6.07, 6.45) is 18.8. The second-order valence-electron chi connectivity index (χ2n) is 6.76. The fourth-order valence-corrected chi connectivity index (χ4v) is 3.18. The highest BCUT2D eigenvalue weighted by atomic mass is 14.9. The lowest BCUT2D eigenvalue weighted by Gasteiger charge is -2.27. The molecule has 1 aliphatic heterocycles. The first-order valence-corrected chi connectivity index (χ1v) is 9.06. The number of hydrogen-bond donors (Lipinski definition) is 1. The molecule has 0 amide bonds. The van der Waals surface area contributed by atoms with Crippen molar-refractivity contribution < 1.29 is 0 Å². The van der Waals surface area contributed by atoms with Gasteiger partial charge in [0.15, 0.2) is 0 Å². The van der Waals surface area contributed by atoms with Crippen molar-refractivity contribution in [3.63, 3.8) is 0 Å². The summed E-state index contributed by atoms with van der Waals surface area (Å²) in [5.41, 5.74) is 0. The van der Waals surface area contributed by atoms with Gasteiger partial charge in [0.1, 0.15) is 0 Å². The van der Waals surface area contributed by atoms with E-state index in [0.717, 1.165) is 12.0 Å². The average Bonchev–Trinajstić information content (AvgIpc) is 2.43. The number of unbranched alkanes of at least 4 members (excludes halogenated alkanes) is 9. The van der Waals surface area contributed by atoms with Crippen molar-refractivity contribution in [2.45, 2.75) is 103 Å². The number of piperidine rings is 1. The monoisotopic (exact) mass is 267 g/mol. The fraction of sp³-hybridized carbons (Fsp3) is 1.00. The van der Waals surface area contributed by atoms with Crippen LogP contribution in [0.3, 0.4) is 0 Å². The summed E-state index contributed by atoms with van der Waals surface area (Å²) in [6.45, 7) is 5.91. The Morgan fingerprint density at radius 3 is 1.89 bits per heavy atom. The Kier molecular flexibility index (Phi) is 10.5. The summed E-state index contributed by atoms with van der Waals surface area (Å²) in [5.74, 6) is 0.906. The van der Waals surface area contributed by atoms with E-state index in [2.05, 4.69) is 19.2 Å². The maximum Gasteiger partial charge on any atom is 0.00672 e. The van der Waals surface area contributed by atoms with Crippen molar-refractivity contribution in [3.05, 3.63) is 0 Å². The van der Waals surface area contributed by atoms with E-state index in [1.807, 2.05) is 0 Å². The van der Waals surface area contributed by atoms with Crippen molar-refractivity contribution in [3.8, 4) is 0 Å². The zero-order valence-corrected chi connectivity index (χ0v) is 13.6. The Hall–Kier alpha value is -0.0400. The van der Waals surface area contributed by atoms with Gasteiger partial charge < -0.3 is 5.32 Å². The van der Waals surface area contributed by atoms with Crippen LogP contribution in [0.4, 0.5) is 0 Å². The van der Waals surface area contributed by atoms with Crippen LogP contribution in [0.5, 0.6) is 0 Å². The molecule has 114 valence electrons. The van der Waals surface area contributed by atoms with Crippen molar-refractivity contribution in [1.82, 2.24) is 5.32 Å². The Balaban J connectivity index is 1.76. The highest BCUT2D eigenvalue weighted by Crippen LogP contribution is 2.18. The molecular formula is C18H37N. The van der Waals surface area contributed by atoms with Crippen LogP contribution in [0, 0.1) is 5.92 Å². The molecule has 1 nitrogen and oxygen atoms in total. The van der Waals surface area contributed by atoms with E-state index in [1.54, 1.807) is 0 Å². The zero-order valence-electron chi connectivity index (χ0n) is 13.6. The van der Waals surface area contributed by atoms with Crippen LogP contribution in [0.2, 0.25) is 0 Å². The molecule has 1 saturated heterocycles. The fourth-order valence-electron chi connectivity index (χ4n) is 3.18. The van der Waals surface area contributed by atoms with Gasteiger partial charge in [0.25, 0.3) is 0 Å². The van der Waals surface area contributed by atoms with Crippen molar-refractivity contribution >= 4 is 0 Å². The number of rotatable bonds is 11. The number of hydrogen-bond acceptors (Lipinski definition) is 1. The van der Waals surface area contributed by atoms with Gasteiger partial charge in [-0.2, -0.15) is 0 Å². The lowest BCUT2D eigenvalue weighted by Crippen LogP contribution is -2.37. The third kappa shape index (κ3) is 9.49. The second-order valence-corrected chi connectivity index (χ2v) is 6.76. The van der Waals surface area contributed by atoms with Gasteiger partial charge in [-0.05, 0) is 31.7 Å². The van der Waals surface area contributed by atoms with Gasteiger partial charge in [0, 0.05) is 6.04 Å². The average molecular weight is 268 g/mol. The molecule has 1 fully saturated rings. The zero-order chi connectivity index (χ0) is 13.8. The van der Waals surface area contributed by atoms with Crippen LogP contribution < -0.4 is 5.32 Å². The smallest absolute Gasteiger partial charge is 0.00672 e. The lowest BCUT2D eigenvalue weighted by molar-refractivity contribution is 0.309. The summed E-state index contributed by atoms with van der Waals surface area (Å²) in [6, 6.07) is 0.838. The van der Waals surface area contributed by atoms with E-state index in [4.69, 9.17) is 0 Å². The van der Waals surface area contributed by atoms with E-state index in [0.29, 0.717) is 0 Å². The minimum absolute atomic E-state index is 0.838. The van der Waals surface area contributed by atoms with Crippen LogP contribution in [0.15, 0.2) is 0 Å². The van der Waals surface area contributed by atoms with E-state index in [-0.39, 0.29) is 0 Å². The first-order chi connectivity index (χ1) is 9.33. The van der Waals surface area contributed by atoms with Crippen LogP contribution in [-0.4, -0.2) is 12.6 Å². The lowest BCUT2D eigenvalue weighted by atomic mass is 9.93. The van der Waals surface area contributed by atoms with E-state index >= 15 is 0 Å². The molecule has 2 unspecified atom stereocenters. The summed E-state index contributed by atoms with van der Waals surface area (Å²) in [5, 5.41) is 3.70. The number of nitrogens with one attached hydrogen (secondary N) is 1. The predicted octanol–water partition coefficient (Wildman–Crippen LogP) is 5.69. The standard InChI is InChI=1S/C18H37N/c1-3-4-5-6-7-8-9-10-11-12-13-18-15-14-17(2)16-19-18/h17-19H,3-16H2,1-2H3. The first kappa shape index (κ1) is 17.0. The molecule has 2 atom stereocenters. The highest BCUT2D eigenvalue weighted by molar-refractivity contribution is 4.75. The molecule has 1 heteroatoms. The molecule has 0 aliphatic carbocycles. The summed E-state index contributed by atoms with van der Waals surface area (Å²) in [7, 11) is 0. The maximum absolute atomic E-state index is 3.70. The Bertz CT molecular complexity index is 182. The van der Waals surface area contributed by atoms with E-state index in [1.165, 1.54) is 90.0 Å². The van der Waals surface area contributed by atoms with Gasteiger partial charge in [-0.15, -0.1) is 0 Å². The topological polar surface area (TPSA) is 12.0 Å². The molecule has 19 heavy (non-hydrogen) atoms. The Morgan fingerprint density at radius 2 is 1.37 bits per heavy atom. The SMILES string of the molecule is CCCCCCCCCCCCC1CCC(C)CN1.